The predicted molar refractivity (Wildman–Crippen MR) is 56.5 cm³/mol. The largest absolute Gasteiger partial charge is 0.501 e. The van der Waals surface area contributed by atoms with Crippen molar-refractivity contribution in [1.82, 2.24) is 0 Å². The molecule has 1 aliphatic heterocycles. The maximum Gasteiger partial charge on any atom is 0.501 e. The highest BCUT2D eigenvalue weighted by atomic mass is 32.2. The summed E-state index contributed by atoms with van der Waals surface area (Å²) in [4.78, 5) is 0.452. The minimum Gasteiger partial charge on any atom is -0.370 e. The molecule has 0 spiro atoms. The fourth-order valence-electron chi connectivity index (χ4n) is 1.65. The van der Waals surface area contributed by atoms with Crippen molar-refractivity contribution in [3.05, 3.63) is 24.0 Å². The van der Waals surface area contributed by atoms with Gasteiger partial charge in [0.05, 0.1) is 5.69 Å². The van der Waals surface area contributed by atoms with Crippen LogP contribution in [0.5, 0.6) is 0 Å². The highest BCUT2D eigenvalue weighted by molar-refractivity contribution is 7.92. The highest BCUT2D eigenvalue weighted by Gasteiger charge is 2.48. The maximum atomic E-state index is 13.0. The zero-order chi connectivity index (χ0) is 13.6. The maximum absolute atomic E-state index is 13.0. The molecular formula is C10H9F4NO2S. The standard InChI is InChI=1S/C10H9F4NO2S/c11-7-2-3-8(15-4-1-5-15)9(6-7)18(16,17)10(12,13)14/h2-3,6H,1,4-5H2. The number of benzene rings is 1. The van der Waals surface area contributed by atoms with Gasteiger partial charge in [-0.3, -0.25) is 0 Å². The highest BCUT2D eigenvalue weighted by Crippen LogP contribution is 2.37. The third-order valence-electron chi connectivity index (χ3n) is 2.71. The Morgan fingerprint density at radius 2 is 1.78 bits per heavy atom. The van der Waals surface area contributed by atoms with Gasteiger partial charge in [0.1, 0.15) is 10.7 Å². The van der Waals surface area contributed by atoms with Crippen molar-refractivity contribution in [2.24, 2.45) is 0 Å². The van der Waals surface area contributed by atoms with E-state index in [1.807, 2.05) is 0 Å². The summed E-state index contributed by atoms with van der Waals surface area (Å²) in [6.45, 7) is 0.929. The lowest BCUT2D eigenvalue weighted by molar-refractivity contribution is -0.0435. The van der Waals surface area contributed by atoms with E-state index < -0.39 is 26.1 Å². The number of hydrogen-bond donors (Lipinski definition) is 0. The van der Waals surface area contributed by atoms with E-state index in [1.54, 1.807) is 0 Å². The van der Waals surface area contributed by atoms with Crippen molar-refractivity contribution in [3.63, 3.8) is 0 Å². The molecule has 1 aromatic rings. The summed E-state index contributed by atoms with van der Waals surface area (Å²) in [5, 5.41) is 0. The summed E-state index contributed by atoms with van der Waals surface area (Å²) in [6, 6.07) is 2.42. The second-order valence-electron chi connectivity index (χ2n) is 3.90. The molecule has 0 aromatic heterocycles. The van der Waals surface area contributed by atoms with Crippen molar-refractivity contribution in [2.45, 2.75) is 16.8 Å². The molecule has 2 rings (SSSR count). The van der Waals surface area contributed by atoms with Crippen LogP contribution < -0.4 is 4.90 Å². The number of halogens is 4. The second-order valence-corrected chi connectivity index (χ2v) is 5.81. The van der Waals surface area contributed by atoms with Gasteiger partial charge >= 0.3 is 5.51 Å². The van der Waals surface area contributed by atoms with Crippen LogP contribution in [0.1, 0.15) is 6.42 Å². The van der Waals surface area contributed by atoms with Gasteiger partial charge in [0.2, 0.25) is 0 Å². The van der Waals surface area contributed by atoms with Crippen LogP contribution in [0, 0.1) is 5.82 Å². The van der Waals surface area contributed by atoms with Crippen molar-refractivity contribution in [1.29, 1.82) is 0 Å². The lowest BCUT2D eigenvalue weighted by atomic mass is 10.2. The summed E-state index contributed by atoms with van der Waals surface area (Å²) in [5.74, 6) is -1.01. The van der Waals surface area contributed by atoms with Gasteiger partial charge in [0.25, 0.3) is 9.84 Å². The summed E-state index contributed by atoms with van der Waals surface area (Å²) >= 11 is 0. The summed E-state index contributed by atoms with van der Waals surface area (Å²) in [6.07, 6.45) is 0.767. The molecule has 3 nitrogen and oxygen atoms in total. The summed E-state index contributed by atoms with van der Waals surface area (Å²) in [7, 11) is -5.53. The fraction of sp³-hybridized carbons (Fsp3) is 0.400. The van der Waals surface area contributed by atoms with Gasteiger partial charge in [-0.2, -0.15) is 13.2 Å². The molecule has 1 fully saturated rings. The first-order valence-electron chi connectivity index (χ1n) is 5.09. The number of hydrogen-bond acceptors (Lipinski definition) is 3. The smallest absolute Gasteiger partial charge is 0.370 e. The molecule has 0 bridgehead atoms. The number of anilines is 1. The van der Waals surface area contributed by atoms with Gasteiger partial charge in [-0.15, -0.1) is 0 Å². The molecule has 0 unspecified atom stereocenters. The first kappa shape index (κ1) is 13.1. The van der Waals surface area contributed by atoms with E-state index >= 15 is 0 Å². The quantitative estimate of drug-likeness (QED) is 0.782. The van der Waals surface area contributed by atoms with E-state index in [0.29, 0.717) is 19.2 Å². The van der Waals surface area contributed by atoms with E-state index in [4.69, 9.17) is 0 Å². The van der Waals surface area contributed by atoms with Gasteiger partial charge in [0, 0.05) is 13.1 Å². The van der Waals surface area contributed by atoms with Crippen molar-refractivity contribution >= 4 is 15.5 Å². The molecular weight excluding hydrogens is 274 g/mol. The first-order valence-corrected chi connectivity index (χ1v) is 6.57. The zero-order valence-electron chi connectivity index (χ0n) is 9.04. The monoisotopic (exact) mass is 283 g/mol. The lowest BCUT2D eigenvalue weighted by Gasteiger charge is -2.34. The Bertz CT molecular complexity index is 564. The number of rotatable bonds is 2. The van der Waals surface area contributed by atoms with Gasteiger partial charge in [-0.05, 0) is 24.6 Å². The first-order chi connectivity index (χ1) is 8.23. The third-order valence-corrected chi connectivity index (χ3v) is 4.23. The van der Waals surface area contributed by atoms with Gasteiger partial charge in [-0.1, -0.05) is 0 Å². The molecule has 1 aromatic carbocycles. The average Bonchev–Trinajstić information content (AvgIpc) is 2.16. The van der Waals surface area contributed by atoms with Crippen molar-refractivity contribution in [2.75, 3.05) is 18.0 Å². The van der Waals surface area contributed by atoms with Gasteiger partial charge < -0.3 is 4.90 Å². The average molecular weight is 283 g/mol. The number of alkyl halides is 3. The SMILES string of the molecule is O=S(=O)(c1cc(F)ccc1N1CCC1)C(F)(F)F. The van der Waals surface area contributed by atoms with E-state index in [2.05, 4.69) is 0 Å². The fourth-order valence-corrected chi connectivity index (χ4v) is 2.64. The van der Waals surface area contributed by atoms with Crippen molar-refractivity contribution < 1.29 is 26.0 Å². The summed E-state index contributed by atoms with van der Waals surface area (Å²) < 4.78 is 73.2. The minimum atomic E-state index is -5.53. The van der Waals surface area contributed by atoms with E-state index in [-0.39, 0.29) is 5.69 Å². The third kappa shape index (κ3) is 2.05. The molecule has 100 valence electrons. The molecule has 1 heterocycles. The van der Waals surface area contributed by atoms with Crippen LogP contribution in [0.25, 0.3) is 0 Å². The van der Waals surface area contributed by atoms with E-state index in [1.165, 1.54) is 4.90 Å². The molecule has 1 aliphatic rings. The molecule has 0 saturated carbocycles. The Kier molecular flexibility index (Phi) is 3.00. The second kappa shape index (κ2) is 4.11. The number of nitrogens with zero attached hydrogens (tertiary/aromatic N) is 1. The Labute approximate surface area is 101 Å². The Morgan fingerprint density at radius 1 is 1.17 bits per heavy atom. The van der Waals surface area contributed by atoms with E-state index in [9.17, 15) is 26.0 Å². The molecule has 0 amide bonds. The van der Waals surface area contributed by atoms with Crippen LogP contribution in [0.4, 0.5) is 23.2 Å². The van der Waals surface area contributed by atoms with Crippen LogP contribution in [-0.2, 0) is 9.84 Å². The predicted octanol–water partition coefficient (Wildman–Crippen LogP) is 2.33. The summed E-state index contributed by atoms with van der Waals surface area (Å²) in [5.41, 5.74) is -5.53. The van der Waals surface area contributed by atoms with Crippen LogP contribution in [0.15, 0.2) is 23.1 Å². The topological polar surface area (TPSA) is 37.4 Å². The Hall–Kier alpha value is -1.31. The molecule has 1 saturated heterocycles. The zero-order valence-corrected chi connectivity index (χ0v) is 9.85. The minimum absolute atomic E-state index is 0.0972. The molecule has 8 heteroatoms. The van der Waals surface area contributed by atoms with Gasteiger partial charge in [-0.25, -0.2) is 12.8 Å². The van der Waals surface area contributed by atoms with Crippen LogP contribution >= 0.6 is 0 Å². The molecule has 0 radical (unpaired) electrons. The molecule has 0 atom stereocenters. The van der Waals surface area contributed by atoms with Crippen molar-refractivity contribution in [3.8, 4) is 0 Å². The van der Waals surface area contributed by atoms with Crippen LogP contribution in [-0.4, -0.2) is 27.0 Å². The normalized spacial score (nSPS) is 16.6. The van der Waals surface area contributed by atoms with Crippen LogP contribution in [0.2, 0.25) is 0 Å². The molecule has 0 N–H and O–H groups in total. The van der Waals surface area contributed by atoms with Gasteiger partial charge in [0.15, 0.2) is 0 Å². The molecule has 0 aliphatic carbocycles. The number of sulfone groups is 1. The molecule has 18 heavy (non-hydrogen) atoms. The lowest BCUT2D eigenvalue weighted by Crippen LogP contribution is -2.38. The van der Waals surface area contributed by atoms with E-state index in [0.717, 1.165) is 18.6 Å². The Morgan fingerprint density at radius 3 is 2.22 bits per heavy atom. The van der Waals surface area contributed by atoms with Crippen LogP contribution in [0.3, 0.4) is 0 Å². The Balaban J connectivity index is 2.58.